The number of ether oxygens (including phenoxy) is 2. The molecule has 3 aliphatic rings. The lowest BCUT2D eigenvalue weighted by Gasteiger charge is -2.55. The molecule has 0 unspecified atom stereocenters. The number of rotatable bonds is 5. The van der Waals surface area contributed by atoms with Gasteiger partial charge in [0.1, 0.15) is 0 Å². The van der Waals surface area contributed by atoms with Gasteiger partial charge in [0.15, 0.2) is 0 Å². The summed E-state index contributed by atoms with van der Waals surface area (Å²) in [6.45, 7) is 10.3. The van der Waals surface area contributed by atoms with Crippen molar-refractivity contribution in [1.82, 2.24) is 4.90 Å². The standard InChI is InChI=1S/C25H35NO3/c1-18-14-19(2)25(16-28-22(27)15-26-12-8-5-9-13-26)17-29-24(23(18)20(25)3)21-10-6-4-7-11-21/h4,6-7,10-11,14,19-20,23-24H,5,8-9,12-13,15-17H2,1-3H3/t19-,20-,23-,24-,25+/m1/s1. The van der Waals surface area contributed by atoms with Gasteiger partial charge in [0.25, 0.3) is 0 Å². The molecular weight excluding hydrogens is 362 g/mol. The zero-order valence-corrected chi connectivity index (χ0v) is 18.1. The molecule has 2 heterocycles. The largest absolute Gasteiger partial charge is 0.464 e. The molecule has 158 valence electrons. The van der Waals surface area contributed by atoms with E-state index >= 15 is 0 Å². The van der Waals surface area contributed by atoms with E-state index in [2.05, 4.69) is 56.0 Å². The van der Waals surface area contributed by atoms with Gasteiger partial charge in [-0.25, -0.2) is 0 Å². The molecule has 2 aliphatic heterocycles. The van der Waals surface area contributed by atoms with Crippen molar-refractivity contribution in [3.63, 3.8) is 0 Å². The Morgan fingerprint density at radius 3 is 2.62 bits per heavy atom. The fourth-order valence-corrected chi connectivity index (χ4v) is 5.76. The van der Waals surface area contributed by atoms with Crippen molar-refractivity contribution in [3.8, 4) is 0 Å². The molecule has 1 aromatic carbocycles. The van der Waals surface area contributed by atoms with Gasteiger partial charge in [0.2, 0.25) is 0 Å². The van der Waals surface area contributed by atoms with Crippen molar-refractivity contribution >= 4 is 5.97 Å². The second-order valence-electron chi connectivity index (χ2n) is 9.39. The van der Waals surface area contributed by atoms with Crippen molar-refractivity contribution in [1.29, 1.82) is 0 Å². The van der Waals surface area contributed by atoms with Crippen LogP contribution in [0, 0.1) is 23.2 Å². The molecule has 1 aliphatic carbocycles. The first-order chi connectivity index (χ1) is 14.0. The highest BCUT2D eigenvalue weighted by Gasteiger charge is 2.54. The minimum absolute atomic E-state index is 0.0760. The third kappa shape index (κ3) is 4.02. The van der Waals surface area contributed by atoms with Crippen LogP contribution in [0.5, 0.6) is 0 Å². The number of allylic oxidation sites excluding steroid dienone is 1. The Morgan fingerprint density at radius 1 is 1.17 bits per heavy atom. The number of carbonyl (C=O) groups is 1. The maximum absolute atomic E-state index is 12.6. The van der Waals surface area contributed by atoms with Gasteiger partial charge in [0.05, 0.1) is 25.9 Å². The molecule has 4 rings (SSSR count). The van der Waals surface area contributed by atoms with Crippen LogP contribution in [-0.2, 0) is 14.3 Å². The quantitative estimate of drug-likeness (QED) is 0.537. The van der Waals surface area contributed by atoms with E-state index in [1.807, 2.05) is 6.07 Å². The SMILES string of the molecule is CC1=C[C@@H](C)[C@]2(COC(=O)CN3CCCCC3)CO[C@H](c3ccccc3)[C@H]1[C@H]2C. The maximum atomic E-state index is 12.6. The Bertz CT molecular complexity index is 740. The number of likely N-dealkylation sites (tertiary alicyclic amines) is 1. The number of benzene rings is 1. The van der Waals surface area contributed by atoms with Gasteiger partial charge in [0, 0.05) is 11.3 Å². The number of piperidine rings is 1. The first-order valence-electron chi connectivity index (χ1n) is 11.2. The summed E-state index contributed by atoms with van der Waals surface area (Å²) in [5, 5.41) is 0. The Balaban J connectivity index is 1.47. The Hall–Kier alpha value is -1.65. The summed E-state index contributed by atoms with van der Waals surface area (Å²) in [6.07, 6.45) is 6.11. The maximum Gasteiger partial charge on any atom is 0.320 e. The van der Waals surface area contributed by atoms with Gasteiger partial charge < -0.3 is 9.47 Å². The average molecular weight is 398 g/mol. The number of esters is 1. The predicted octanol–water partition coefficient (Wildman–Crippen LogP) is 4.62. The van der Waals surface area contributed by atoms with E-state index in [9.17, 15) is 4.79 Å². The summed E-state index contributed by atoms with van der Waals surface area (Å²) in [7, 11) is 0. The first kappa shape index (κ1) is 20.6. The molecule has 0 aromatic heterocycles. The summed E-state index contributed by atoms with van der Waals surface area (Å²) in [5.74, 6) is 0.953. The van der Waals surface area contributed by atoms with Crippen LogP contribution in [0.2, 0.25) is 0 Å². The Kier molecular flexibility index (Phi) is 6.12. The molecule has 0 N–H and O–H groups in total. The summed E-state index contributed by atoms with van der Waals surface area (Å²) in [6, 6.07) is 10.5. The highest BCUT2D eigenvalue weighted by molar-refractivity contribution is 5.71. The molecule has 0 amide bonds. The van der Waals surface area contributed by atoms with Crippen LogP contribution in [0.4, 0.5) is 0 Å². The monoisotopic (exact) mass is 397 g/mol. The normalized spacial score (nSPS) is 35.1. The van der Waals surface area contributed by atoms with Gasteiger partial charge in [-0.05, 0) is 50.3 Å². The summed E-state index contributed by atoms with van der Waals surface area (Å²) < 4.78 is 12.4. The third-order valence-electron chi connectivity index (χ3n) is 7.68. The molecule has 1 aromatic rings. The lowest BCUT2D eigenvalue weighted by molar-refractivity contribution is -0.182. The first-order valence-corrected chi connectivity index (χ1v) is 11.2. The molecule has 4 heteroatoms. The summed E-state index contributed by atoms with van der Waals surface area (Å²) in [5.41, 5.74) is 2.49. The minimum Gasteiger partial charge on any atom is -0.464 e. The lowest BCUT2D eigenvalue weighted by atomic mass is 9.56. The van der Waals surface area contributed by atoms with Crippen molar-refractivity contribution in [2.24, 2.45) is 23.2 Å². The summed E-state index contributed by atoms with van der Waals surface area (Å²) >= 11 is 0. The highest BCUT2D eigenvalue weighted by atomic mass is 16.5. The van der Waals surface area contributed by atoms with Gasteiger partial charge in [-0.15, -0.1) is 0 Å². The van der Waals surface area contributed by atoms with E-state index in [4.69, 9.17) is 9.47 Å². The van der Waals surface area contributed by atoms with Crippen molar-refractivity contribution in [3.05, 3.63) is 47.5 Å². The third-order valence-corrected chi connectivity index (χ3v) is 7.68. The van der Waals surface area contributed by atoms with E-state index < -0.39 is 0 Å². The second kappa shape index (κ2) is 8.61. The zero-order valence-electron chi connectivity index (χ0n) is 18.1. The Labute approximate surface area is 175 Å². The predicted molar refractivity (Wildman–Crippen MR) is 114 cm³/mol. The molecular formula is C25H35NO3. The zero-order chi connectivity index (χ0) is 20.4. The molecule has 0 spiro atoms. The molecule has 2 fully saturated rings. The van der Waals surface area contributed by atoms with Crippen LogP contribution in [0.25, 0.3) is 0 Å². The minimum atomic E-state index is -0.146. The smallest absolute Gasteiger partial charge is 0.320 e. The number of fused-ring (bicyclic) bond motifs is 2. The molecule has 5 atom stereocenters. The molecule has 0 saturated carbocycles. The second-order valence-corrected chi connectivity index (χ2v) is 9.39. The Morgan fingerprint density at radius 2 is 1.90 bits per heavy atom. The van der Waals surface area contributed by atoms with Gasteiger partial charge >= 0.3 is 5.97 Å². The van der Waals surface area contributed by atoms with Gasteiger partial charge in [-0.1, -0.05) is 62.2 Å². The van der Waals surface area contributed by atoms with Crippen LogP contribution in [0.15, 0.2) is 42.0 Å². The van der Waals surface area contributed by atoms with Gasteiger partial charge in [-0.2, -0.15) is 0 Å². The van der Waals surface area contributed by atoms with E-state index in [0.29, 0.717) is 37.5 Å². The molecule has 0 radical (unpaired) electrons. The van der Waals surface area contributed by atoms with Gasteiger partial charge in [-0.3, -0.25) is 9.69 Å². The number of nitrogens with zero attached hydrogens (tertiary/aromatic N) is 1. The average Bonchev–Trinajstić information content (AvgIpc) is 2.73. The van der Waals surface area contributed by atoms with Crippen LogP contribution in [0.1, 0.15) is 51.7 Å². The summed E-state index contributed by atoms with van der Waals surface area (Å²) in [4.78, 5) is 14.8. The highest BCUT2D eigenvalue weighted by Crippen LogP contribution is 2.56. The number of carbonyl (C=O) groups excluding carboxylic acids is 1. The number of hydrogen-bond acceptors (Lipinski definition) is 4. The fourth-order valence-electron chi connectivity index (χ4n) is 5.76. The lowest BCUT2D eigenvalue weighted by Crippen LogP contribution is -2.54. The van der Waals surface area contributed by atoms with E-state index in [-0.39, 0.29) is 17.5 Å². The number of hydrogen-bond donors (Lipinski definition) is 0. The van der Waals surface area contributed by atoms with Crippen LogP contribution < -0.4 is 0 Å². The molecule has 2 bridgehead atoms. The van der Waals surface area contributed by atoms with Crippen molar-refractivity contribution in [2.75, 3.05) is 32.8 Å². The van der Waals surface area contributed by atoms with E-state index in [0.717, 1.165) is 13.1 Å². The molecule has 29 heavy (non-hydrogen) atoms. The van der Waals surface area contributed by atoms with Crippen LogP contribution >= 0.6 is 0 Å². The molecule has 2 saturated heterocycles. The topological polar surface area (TPSA) is 38.8 Å². The fraction of sp³-hybridized carbons (Fsp3) is 0.640. The van der Waals surface area contributed by atoms with Crippen LogP contribution in [0.3, 0.4) is 0 Å². The van der Waals surface area contributed by atoms with Crippen molar-refractivity contribution < 1.29 is 14.3 Å². The van der Waals surface area contributed by atoms with Crippen molar-refractivity contribution in [2.45, 2.75) is 46.1 Å². The van der Waals surface area contributed by atoms with E-state index in [1.165, 1.54) is 30.4 Å². The molecule has 4 nitrogen and oxygen atoms in total. The van der Waals surface area contributed by atoms with E-state index in [1.54, 1.807) is 0 Å². The van der Waals surface area contributed by atoms with Crippen LogP contribution in [-0.4, -0.2) is 43.7 Å².